The van der Waals surface area contributed by atoms with Gasteiger partial charge in [0.1, 0.15) is 17.2 Å². The zero-order valence-electron chi connectivity index (χ0n) is 30.9. The van der Waals surface area contributed by atoms with Gasteiger partial charge in [0, 0.05) is 78.5 Å². The lowest BCUT2D eigenvalue weighted by atomic mass is 10.0. The summed E-state index contributed by atoms with van der Waals surface area (Å²) in [7, 11) is -2.68. The number of allylic oxidation sites excluding steroid dienone is 1. The highest BCUT2D eigenvalue weighted by Crippen LogP contribution is 2.30. The van der Waals surface area contributed by atoms with Gasteiger partial charge in [0.25, 0.3) is 10.0 Å². The molecular formula is C39H42F2N8O5S. The molecule has 0 atom stereocenters. The molecule has 4 aromatic heterocycles. The molecule has 3 N–H and O–H groups in total. The molecule has 5 heterocycles. The first-order valence-electron chi connectivity index (χ1n) is 17.6. The number of piperidine rings is 1. The molecule has 1 aliphatic rings. The first-order chi connectivity index (χ1) is 26.2. The van der Waals surface area contributed by atoms with E-state index in [9.17, 15) is 17.6 Å². The Morgan fingerprint density at radius 3 is 2.45 bits per heavy atom. The van der Waals surface area contributed by atoms with Gasteiger partial charge in [-0.25, -0.2) is 36.5 Å². The maximum atomic E-state index is 15.6. The minimum atomic E-state index is -4.09. The van der Waals surface area contributed by atoms with Gasteiger partial charge < -0.3 is 25.4 Å². The van der Waals surface area contributed by atoms with Gasteiger partial charge in [-0.3, -0.25) is 4.99 Å². The number of aliphatic imine (C=N–C) groups is 1. The minimum absolute atomic E-state index is 0.0221. The molecule has 0 unspecified atom stereocenters. The lowest BCUT2D eigenvalue weighted by molar-refractivity contribution is 0.0207. The van der Waals surface area contributed by atoms with Crippen LogP contribution in [0, 0.1) is 11.8 Å². The molecule has 0 spiro atoms. The molecule has 13 nitrogen and oxygen atoms in total. The molecule has 1 aliphatic heterocycles. The van der Waals surface area contributed by atoms with Crippen LogP contribution in [0.2, 0.25) is 0 Å². The number of anilines is 1. The number of likely N-dealkylation sites (tertiary alicyclic amines) is 1. The average Bonchev–Trinajstić information content (AvgIpc) is 3.53. The number of nitrogens with zero attached hydrogens (tertiary/aromatic N) is 6. The van der Waals surface area contributed by atoms with E-state index in [1.807, 2.05) is 20.8 Å². The van der Waals surface area contributed by atoms with Crippen LogP contribution >= 0.6 is 0 Å². The van der Waals surface area contributed by atoms with Crippen LogP contribution in [-0.4, -0.2) is 76.4 Å². The molecule has 5 aromatic rings. The van der Waals surface area contributed by atoms with E-state index in [1.54, 1.807) is 47.5 Å². The summed E-state index contributed by atoms with van der Waals surface area (Å²) < 4.78 is 68.9. The third-order valence-corrected chi connectivity index (χ3v) is 10.6. The van der Waals surface area contributed by atoms with Crippen LogP contribution in [0.4, 0.5) is 19.4 Å². The van der Waals surface area contributed by atoms with E-state index in [0.29, 0.717) is 53.6 Å². The van der Waals surface area contributed by atoms with E-state index >= 15 is 4.39 Å². The summed E-state index contributed by atoms with van der Waals surface area (Å²) in [5, 5.41) is 3.42. The largest absolute Gasteiger partial charge is 0.481 e. The summed E-state index contributed by atoms with van der Waals surface area (Å²) in [6.45, 7) is 6.56. The Balaban J connectivity index is 1.27. The fourth-order valence-corrected chi connectivity index (χ4v) is 7.48. The van der Waals surface area contributed by atoms with Crippen molar-refractivity contribution in [2.24, 2.45) is 10.7 Å². The number of nitrogens with two attached hydrogens (primary N) is 1. The van der Waals surface area contributed by atoms with E-state index < -0.39 is 27.4 Å². The number of carbonyl (C=O) groups excluding carboxylic acids is 1. The zero-order valence-corrected chi connectivity index (χ0v) is 31.7. The van der Waals surface area contributed by atoms with Gasteiger partial charge in [0.2, 0.25) is 11.8 Å². The number of ether oxygens (including phenoxy) is 2. The Kier molecular flexibility index (Phi) is 11.4. The summed E-state index contributed by atoms with van der Waals surface area (Å²) in [6.07, 6.45) is 7.95. The van der Waals surface area contributed by atoms with Gasteiger partial charge in [0.05, 0.1) is 24.2 Å². The number of hydrogen-bond acceptors (Lipinski definition) is 11. The molecule has 1 fully saturated rings. The standard InChI is InChI=1S/C39H42F2N8O5S/c1-39(2,3)54-38(50)48-14-12-31(13-15-48)43-22-29(19-42)26-18-33-28(24-49(36(33)45-20-26)55(51,52)32-8-6-5-7-9-32)16-25-10-11-34(47-35(25)41)44-21-27-17-30(40)23-46-37(27)53-4/h5-11,17-20,22-24,31H,12-16,21,42H2,1-4H3,(H,44,47). The molecule has 55 heavy (non-hydrogen) atoms. The lowest BCUT2D eigenvalue weighted by Crippen LogP contribution is -2.42. The molecule has 1 saturated heterocycles. The molecule has 1 aromatic carbocycles. The molecule has 16 heteroatoms. The number of nitrogens with one attached hydrogen (secondary N) is 1. The SMILES string of the molecule is COc1ncc(F)cc1CNc1ccc(Cc2cn(S(=O)(=O)c3ccccc3)c3ncc(C(C=NC4CCN(C(=O)OC(C)(C)C)CC4)=CN)cc23)c(F)n1. The predicted molar refractivity (Wildman–Crippen MR) is 205 cm³/mol. The van der Waals surface area contributed by atoms with Gasteiger partial charge in [0.15, 0.2) is 5.65 Å². The number of fused-ring (bicyclic) bond motifs is 1. The number of aromatic nitrogens is 4. The normalized spacial score (nSPS) is 14.4. The summed E-state index contributed by atoms with van der Waals surface area (Å²) >= 11 is 0. The quantitative estimate of drug-likeness (QED) is 0.115. The number of halogens is 2. The van der Waals surface area contributed by atoms with Crippen molar-refractivity contribution >= 4 is 44.8 Å². The van der Waals surface area contributed by atoms with Crippen molar-refractivity contribution in [1.82, 2.24) is 23.8 Å². The van der Waals surface area contributed by atoms with Crippen molar-refractivity contribution in [2.45, 2.75) is 63.1 Å². The van der Waals surface area contributed by atoms with Crippen LogP contribution in [0.5, 0.6) is 5.88 Å². The number of carbonyl (C=O) groups is 1. The Morgan fingerprint density at radius 2 is 1.78 bits per heavy atom. The highest BCUT2D eigenvalue weighted by Gasteiger charge is 2.27. The second kappa shape index (κ2) is 16.2. The van der Waals surface area contributed by atoms with Crippen molar-refractivity contribution in [3.63, 3.8) is 0 Å². The van der Waals surface area contributed by atoms with Crippen LogP contribution in [0.15, 0.2) is 89.3 Å². The van der Waals surface area contributed by atoms with Crippen LogP contribution < -0.4 is 15.8 Å². The number of hydrogen-bond donors (Lipinski definition) is 2. The van der Waals surface area contributed by atoms with Gasteiger partial charge in [-0.05, 0) is 69.5 Å². The van der Waals surface area contributed by atoms with Crippen molar-refractivity contribution in [3.8, 4) is 5.88 Å². The van der Waals surface area contributed by atoms with Crippen molar-refractivity contribution in [3.05, 3.63) is 113 Å². The summed E-state index contributed by atoms with van der Waals surface area (Å²) in [5.74, 6) is -0.909. The smallest absolute Gasteiger partial charge is 0.410 e. The molecule has 6 rings (SSSR count). The van der Waals surface area contributed by atoms with E-state index in [4.69, 9.17) is 20.2 Å². The van der Waals surface area contributed by atoms with Gasteiger partial charge >= 0.3 is 6.09 Å². The highest BCUT2D eigenvalue weighted by molar-refractivity contribution is 7.90. The van der Waals surface area contributed by atoms with Crippen molar-refractivity contribution < 1.29 is 31.5 Å². The molecule has 0 radical (unpaired) electrons. The Bertz CT molecular complexity index is 2350. The van der Waals surface area contributed by atoms with E-state index in [0.717, 1.165) is 10.2 Å². The molecule has 0 aliphatic carbocycles. The molecular weight excluding hydrogens is 731 g/mol. The summed E-state index contributed by atoms with van der Waals surface area (Å²) in [4.78, 5) is 31.5. The monoisotopic (exact) mass is 772 g/mol. The molecule has 288 valence electrons. The van der Waals surface area contributed by atoms with Gasteiger partial charge in [-0.2, -0.15) is 4.39 Å². The van der Waals surface area contributed by atoms with E-state index in [1.165, 1.54) is 43.9 Å². The third-order valence-electron chi connectivity index (χ3n) is 8.90. The van der Waals surface area contributed by atoms with Gasteiger partial charge in [-0.1, -0.05) is 24.3 Å². The molecule has 0 saturated carbocycles. The topological polar surface area (TPSA) is 167 Å². The summed E-state index contributed by atoms with van der Waals surface area (Å²) in [6, 6.07) is 14.0. The number of rotatable bonds is 11. The average molecular weight is 773 g/mol. The van der Waals surface area contributed by atoms with Crippen LogP contribution in [0.3, 0.4) is 0 Å². The first-order valence-corrected chi connectivity index (χ1v) is 19.0. The van der Waals surface area contributed by atoms with Crippen LogP contribution in [-0.2, 0) is 27.7 Å². The lowest BCUT2D eigenvalue weighted by Gasteiger charge is -2.32. The maximum absolute atomic E-state index is 15.6. The Labute approximate surface area is 318 Å². The van der Waals surface area contributed by atoms with Crippen molar-refractivity contribution in [1.29, 1.82) is 0 Å². The van der Waals surface area contributed by atoms with Crippen molar-refractivity contribution in [2.75, 3.05) is 25.5 Å². The van der Waals surface area contributed by atoms with E-state index in [2.05, 4.69) is 20.3 Å². The van der Waals surface area contributed by atoms with Crippen LogP contribution in [0.1, 0.15) is 55.9 Å². The second-order valence-corrected chi connectivity index (χ2v) is 15.8. The highest BCUT2D eigenvalue weighted by atomic mass is 32.2. The Hall–Kier alpha value is -5.90. The zero-order chi connectivity index (χ0) is 39.3. The second-order valence-electron chi connectivity index (χ2n) is 14.0. The number of amides is 1. The maximum Gasteiger partial charge on any atom is 0.410 e. The Morgan fingerprint density at radius 1 is 1.04 bits per heavy atom. The minimum Gasteiger partial charge on any atom is -0.481 e. The first kappa shape index (κ1) is 38.8. The van der Waals surface area contributed by atoms with Gasteiger partial charge in [-0.15, -0.1) is 0 Å². The number of pyridine rings is 3. The molecule has 1 amide bonds. The molecule has 0 bridgehead atoms. The van der Waals surface area contributed by atoms with E-state index in [-0.39, 0.29) is 52.9 Å². The number of benzene rings is 1. The van der Waals surface area contributed by atoms with Crippen LogP contribution in [0.25, 0.3) is 16.6 Å². The third kappa shape index (κ3) is 9.08. The summed E-state index contributed by atoms with van der Waals surface area (Å²) in [5.41, 5.74) is 7.85. The number of methoxy groups -OCH3 is 1. The fourth-order valence-electron chi connectivity index (χ4n) is 6.12. The predicted octanol–water partition coefficient (Wildman–Crippen LogP) is 6.32. The fraction of sp³-hybridized carbons (Fsp3) is 0.308.